The molecule has 0 spiro atoms. The molecule has 4 nitrogen and oxygen atoms in total. The van der Waals surface area contributed by atoms with Gasteiger partial charge in [-0.3, -0.25) is 9.98 Å². The summed E-state index contributed by atoms with van der Waals surface area (Å²) in [6.45, 7) is 11.3. The van der Waals surface area contributed by atoms with Crippen LogP contribution >= 0.6 is 0 Å². The van der Waals surface area contributed by atoms with Gasteiger partial charge in [-0.05, 0) is 79.6 Å². The fourth-order valence-electron chi connectivity index (χ4n) is 5.17. The van der Waals surface area contributed by atoms with Crippen LogP contribution in [-0.4, -0.2) is 25.6 Å². The molecule has 0 saturated heterocycles. The fraction of sp³-hybridized carbons (Fsp3) is 0.462. The van der Waals surface area contributed by atoms with Crippen LogP contribution in [0.3, 0.4) is 0 Å². The minimum absolute atomic E-state index is 0.0171. The molecule has 158 valence electrons. The number of hydrogen-bond acceptors (Lipinski definition) is 4. The van der Waals surface area contributed by atoms with Crippen molar-refractivity contribution >= 4 is 22.8 Å². The first-order chi connectivity index (χ1) is 14.2. The van der Waals surface area contributed by atoms with Gasteiger partial charge >= 0.3 is 0 Å². The normalized spacial score (nSPS) is 27.1. The molecule has 2 aromatic rings. The molecule has 4 rings (SSSR count). The summed E-state index contributed by atoms with van der Waals surface area (Å²) in [5, 5.41) is 0. The van der Waals surface area contributed by atoms with Crippen LogP contribution in [0.25, 0.3) is 0 Å². The fourth-order valence-corrected chi connectivity index (χ4v) is 5.17. The molecular formula is C26H32N2O2. The zero-order chi connectivity index (χ0) is 21.7. The van der Waals surface area contributed by atoms with Crippen LogP contribution in [0, 0.1) is 30.6 Å². The lowest BCUT2D eigenvalue weighted by Gasteiger charge is -2.33. The van der Waals surface area contributed by atoms with Gasteiger partial charge in [0.15, 0.2) is 0 Å². The van der Waals surface area contributed by atoms with Crippen LogP contribution in [0.5, 0.6) is 11.5 Å². The van der Waals surface area contributed by atoms with Gasteiger partial charge in [0.25, 0.3) is 0 Å². The van der Waals surface area contributed by atoms with Crippen LogP contribution < -0.4 is 9.47 Å². The highest BCUT2D eigenvalue weighted by Crippen LogP contribution is 2.63. The quantitative estimate of drug-likeness (QED) is 0.574. The van der Waals surface area contributed by atoms with Gasteiger partial charge in [0.05, 0.1) is 37.0 Å². The molecule has 2 fully saturated rings. The summed E-state index contributed by atoms with van der Waals surface area (Å²) >= 11 is 0. The predicted octanol–water partition coefficient (Wildman–Crippen LogP) is 6.62. The first kappa shape index (κ1) is 20.6. The maximum atomic E-state index is 5.37. The zero-order valence-corrected chi connectivity index (χ0v) is 19.2. The maximum absolute atomic E-state index is 5.37. The van der Waals surface area contributed by atoms with Crippen molar-refractivity contribution in [1.29, 1.82) is 0 Å². The Morgan fingerprint density at radius 1 is 0.833 bits per heavy atom. The summed E-state index contributed by atoms with van der Waals surface area (Å²) in [5.74, 6) is 2.14. The van der Waals surface area contributed by atoms with Crippen LogP contribution in [-0.2, 0) is 0 Å². The van der Waals surface area contributed by atoms with E-state index >= 15 is 0 Å². The van der Waals surface area contributed by atoms with Gasteiger partial charge in [0.2, 0.25) is 0 Å². The lowest BCUT2D eigenvalue weighted by atomic mass is 9.70. The van der Waals surface area contributed by atoms with E-state index in [2.05, 4.69) is 46.8 Å². The molecule has 30 heavy (non-hydrogen) atoms. The van der Waals surface area contributed by atoms with Crippen molar-refractivity contribution in [1.82, 2.24) is 0 Å². The summed E-state index contributed by atoms with van der Waals surface area (Å²) in [7, 11) is 3.39. The Balaban J connectivity index is 1.86. The molecule has 0 aromatic heterocycles. The van der Waals surface area contributed by atoms with Crippen LogP contribution in [0.1, 0.15) is 44.7 Å². The van der Waals surface area contributed by atoms with Crippen molar-refractivity contribution in [3.05, 3.63) is 47.5 Å². The van der Waals surface area contributed by atoms with Gasteiger partial charge in [-0.25, -0.2) is 0 Å². The van der Waals surface area contributed by atoms with Crippen LogP contribution in [0.2, 0.25) is 0 Å². The number of nitrogens with zero attached hydrogens (tertiary/aromatic N) is 2. The van der Waals surface area contributed by atoms with E-state index in [0.717, 1.165) is 58.3 Å². The van der Waals surface area contributed by atoms with E-state index in [-0.39, 0.29) is 10.8 Å². The second kappa shape index (κ2) is 7.26. The molecule has 2 saturated carbocycles. The number of aryl methyl sites for hydroxylation is 2. The van der Waals surface area contributed by atoms with Crippen molar-refractivity contribution in [3.63, 3.8) is 0 Å². The van der Waals surface area contributed by atoms with E-state index < -0.39 is 0 Å². The molecular weight excluding hydrogens is 372 g/mol. The highest BCUT2D eigenvalue weighted by Gasteiger charge is 2.63. The third-order valence-corrected chi connectivity index (χ3v) is 7.60. The second-order valence-electron chi connectivity index (χ2n) is 9.41. The van der Waals surface area contributed by atoms with Gasteiger partial charge in [0, 0.05) is 11.3 Å². The highest BCUT2D eigenvalue weighted by molar-refractivity contribution is 6.48. The van der Waals surface area contributed by atoms with Crippen molar-refractivity contribution < 1.29 is 9.47 Å². The number of fused-ring (bicyclic) bond motifs is 2. The van der Waals surface area contributed by atoms with Crippen molar-refractivity contribution in [2.45, 2.75) is 47.5 Å². The molecule has 2 bridgehead atoms. The summed E-state index contributed by atoms with van der Waals surface area (Å²) in [6, 6.07) is 12.2. The number of hydrogen-bond donors (Lipinski definition) is 0. The highest BCUT2D eigenvalue weighted by atomic mass is 16.5. The molecule has 0 heterocycles. The monoisotopic (exact) mass is 404 g/mol. The first-order valence-electron chi connectivity index (χ1n) is 10.7. The summed E-state index contributed by atoms with van der Waals surface area (Å²) < 4.78 is 10.7. The Bertz CT molecular complexity index is 1050. The Morgan fingerprint density at radius 2 is 1.37 bits per heavy atom. The van der Waals surface area contributed by atoms with Gasteiger partial charge in [-0.2, -0.15) is 0 Å². The average Bonchev–Trinajstić information content (AvgIpc) is 3.03. The number of ether oxygens (including phenoxy) is 2. The molecule has 2 aliphatic carbocycles. The zero-order valence-electron chi connectivity index (χ0n) is 19.2. The molecule has 2 aliphatic rings. The number of methoxy groups -OCH3 is 2. The minimum Gasteiger partial charge on any atom is -0.497 e. The molecule has 0 amide bonds. The van der Waals surface area contributed by atoms with Gasteiger partial charge in [-0.1, -0.05) is 20.8 Å². The van der Waals surface area contributed by atoms with Gasteiger partial charge in [-0.15, -0.1) is 0 Å². The molecule has 0 aliphatic heterocycles. The molecule has 2 aromatic carbocycles. The Morgan fingerprint density at radius 3 is 1.87 bits per heavy atom. The van der Waals surface area contributed by atoms with Gasteiger partial charge in [0.1, 0.15) is 11.5 Å². The smallest absolute Gasteiger partial charge is 0.119 e. The van der Waals surface area contributed by atoms with E-state index in [4.69, 9.17) is 19.5 Å². The summed E-state index contributed by atoms with van der Waals surface area (Å²) in [5.41, 5.74) is 6.67. The third kappa shape index (κ3) is 3.05. The lowest BCUT2D eigenvalue weighted by Crippen LogP contribution is -2.33. The Hall–Kier alpha value is -2.62. The topological polar surface area (TPSA) is 43.2 Å². The third-order valence-electron chi connectivity index (χ3n) is 7.60. The Kier molecular flexibility index (Phi) is 5.00. The van der Waals surface area contributed by atoms with Crippen molar-refractivity contribution in [2.24, 2.45) is 26.7 Å². The molecule has 2 unspecified atom stereocenters. The average molecular weight is 405 g/mol. The largest absolute Gasteiger partial charge is 0.497 e. The molecule has 0 N–H and O–H groups in total. The van der Waals surface area contributed by atoms with E-state index in [9.17, 15) is 0 Å². The SMILES string of the molecule is COc1ccc(/N=C2/C(=N/c3ccc(OC)cc3C)C3(C)CCC2C3(C)C)c(C)c1. The van der Waals surface area contributed by atoms with E-state index in [1.165, 1.54) is 0 Å². The second-order valence-corrected chi connectivity index (χ2v) is 9.41. The number of rotatable bonds is 4. The van der Waals surface area contributed by atoms with Crippen LogP contribution in [0.15, 0.2) is 46.4 Å². The number of aliphatic imine (C=N–C) groups is 2. The van der Waals surface area contributed by atoms with E-state index in [1.807, 2.05) is 24.3 Å². The molecule has 0 radical (unpaired) electrons. The van der Waals surface area contributed by atoms with Crippen LogP contribution in [0.4, 0.5) is 11.4 Å². The van der Waals surface area contributed by atoms with Crippen molar-refractivity contribution in [3.8, 4) is 11.5 Å². The van der Waals surface area contributed by atoms with Crippen molar-refractivity contribution in [2.75, 3.05) is 14.2 Å². The Labute approximate surface area is 180 Å². The summed E-state index contributed by atoms with van der Waals surface area (Å²) in [6.07, 6.45) is 2.32. The molecule has 2 atom stereocenters. The molecule has 4 heteroatoms. The van der Waals surface area contributed by atoms with Gasteiger partial charge < -0.3 is 9.47 Å². The van der Waals surface area contributed by atoms with E-state index in [1.54, 1.807) is 14.2 Å². The number of benzene rings is 2. The predicted molar refractivity (Wildman–Crippen MR) is 124 cm³/mol. The van der Waals surface area contributed by atoms with E-state index in [0.29, 0.717) is 5.92 Å². The summed E-state index contributed by atoms with van der Waals surface area (Å²) in [4.78, 5) is 10.4. The lowest BCUT2D eigenvalue weighted by molar-refractivity contribution is 0.208. The standard InChI is InChI=1S/C26H32N2O2/c1-16-14-18(29-6)8-10-21(16)27-23-20-12-13-26(5,25(20,3)4)24(23)28-22-11-9-19(30-7)15-17(22)2/h8-11,14-15,20H,12-13H2,1-7H3/b27-23+,28-24-. The minimum atomic E-state index is 0.0171. The first-order valence-corrected chi connectivity index (χ1v) is 10.7. The maximum Gasteiger partial charge on any atom is 0.119 e.